The van der Waals surface area contributed by atoms with Crippen LogP contribution in [0.3, 0.4) is 0 Å². The Labute approximate surface area is 71.0 Å². The number of para-hydroxylation sites is 1. The zero-order chi connectivity index (χ0) is 8.39. The molecule has 0 N–H and O–H groups in total. The molecule has 0 atom stereocenters. The van der Waals surface area contributed by atoms with Gasteiger partial charge in [0.15, 0.2) is 0 Å². The smallest absolute Gasteiger partial charge is 0.113 e. The van der Waals surface area contributed by atoms with Gasteiger partial charge >= 0.3 is 0 Å². The van der Waals surface area contributed by atoms with Crippen molar-refractivity contribution in [2.75, 3.05) is 0 Å². The third-order valence-corrected chi connectivity index (χ3v) is 1.78. The average Bonchev–Trinajstić information content (AvgIpc) is 2.50. The van der Waals surface area contributed by atoms with E-state index in [1.807, 2.05) is 35.9 Å². The molecular formula is C9H10N3. The number of hydrogen-bond acceptors (Lipinski definition) is 2. The Kier molecular flexibility index (Phi) is 1.78. The Hall–Kier alpha value is -1.38. The number of fused-ring (bicyclic) bond motifs is 1. The molecule has 0 spiro atoms. The number of hydrogen-bond donors (Lipinski definition) is 0. The van der Waals surface area contributed by atoms with Crippen LogP contribution in [0.25, 0.3) is 11.0 Å². The van der Waals surface area contributed by atoms with Crippen LogP contribution in [-0.2, 0) is 6.54 Å². The second-order valence-corrected chi connectivity index (χ2v) is 2.67. The fraction of sp³-hybridized carbons (Fsp3) is 0.222. The van der Waals surface area contributed by atoms with Gasteiger partial charge in [0.25, 0.3) is 0 Å². The van der Waals surface area contributed by atoms with E-state index in [4.69, 9.17) is 0 Å². The molecule has 0 unspecified atom stereocenters. The maximum atomic E-state index is 4.03. The molecule has 0 aliphatic carbocycles. The topological polar surface area (TPSA) is 30.7 Å². The molecule has 0 amide bonds. The number of rotatable bonds is 2. The lowest BCUT2D eigenvalue weighted by molar-refractivity contribution is 0.658. The largest absolute Gasteiger partial charge is 0.244 e. The lowest BCUT2D eigenvalue weighted by Gasteiger charge is -1.96. The fourth-order valence-corrected chi connectivity index (χ4v) is 1.23. The van der Waals surface area contributed by atoms with Crippen LogP contribution in [0, 0.1) is 6.42 Å². The van der Waals surface area contributed by atoms with Crippen LogP contribution in [0.1, 0.15) is 6.92 Å². The third-order valence-electron chi connectivity index (χ3n) is 1.78. The van der Waals surface area contributed by atoms with Crippen LogP contribution in [0.2, 0.25) is 0 Å². The van der Waals surface area contributed by atoms with Crippen molar-refractivity contribution >= 4 is 11.0 Å². The van der Waals surface area contributed by atoms with Crippen LogP contribution in [0.4, 0.5) is 0 Å². The highest BCUT2D eigenvalue weighted by molar-refractivity contribution is 5.73. The minimum Gasteiger partial charge on any atom is -0.244 e. The summed E-state index contributed by atoms with van der Waals surface area (Å²) in [5.41, 5.74) is 2.05. The molecule has 3 nitrogen and oxygen atoms in total. The molecule has 0 aliphatic rings. The van der Waals surface area contributed by atoms with Crippen molar-refractivity contribution in [3.63, 3.8) is 0 Å². The molecule has 2 rings (SSSR count). The highest BCUT2D eigenvalue weighted by Crippen LogP contribution is 2.09. The van der Waals surface area contributed by atoms with Gasteiger partial charge in [-0.15, -0.1) is 5.10 Å². The minimum atomic E-state index is 0.820. The number of benzene rings is 1. The van der Waals surface area contributed by atoms with E-state index in [0.29, 0.717) is 0 Å². The third kappa shape index (κ3) is 1.07. The summed E-state index contributed by atoms with van der Waals surface area (Å²) in [5.74, 6) is 0. The second kappa shape index (κ2) is 2.93. The molecule has 0 fully saturated rings. The quantitative estimate of drug-likeness (QED) is 0.668. The zero-order valence-corrected chi connectivity index (χ0v) is 6.94. The van der Waals surface area contributed by atoms with E-state index < -0.39 is 0 Å². The van der Waals surface area contributed by atoms with Gasteiger partial charge < -0.3 is 0 Å². The van der Waals surface area contributed by atoms with Gasteiger partial charge in [-0.1, -0.05) is 24.3 Å². The Bertz CT molecular complexity index is 378. The Balaban J connectivity index is 2.55. The average molecular weight is 160 g/mol. The first kappa shape index (κ1) is 7.28. The molecule has 12 heavy (non-hydrogen) atoms. The SMILES string of the molecule is C[CH]Cn1nnc2ccccc21. The molecule has 1 heterocycles. The maximum absolute atomic E-state index is 4.03. The van der Waals surface area contributed by atoms with Gasteiger partial charge in [0, 0.05) is 6.54 Å². The summed E-state index contributed by atoms with van der Waals surface area (Å²) >= 11 is 0. The van der Waals surface area contributed by atoms with Crippen molar-refractivity contribution in [3.05, 3.63) is 30.7 Å². The van der Waals surface area contributed by atoms with Crippen LogP contribution >= 0.6 is 0 Å². The number of aromatic nitrogens is 3. The molecule has 0 saturated heterocycles. The highest BCUT2D eigenvalue weighted by atomic mass is 15.4. The molecule has 2 aromatic rings. The molecule has 0 bridgehead atoms. The first-order valence-corrected chi connectivity index (χ1v) is 3.98. The van der Waals surface area contributed by atoms with Crippen molar-refractivity contribution in [1.82, 2.24) is 15.0 Å². The van der Waals surface area contributed by atoms with Gasteiger partial charge in [-0.05, 0) is 18.6 Å². The first-order chi connectivity index (χ1) is 5.92. The van der Waals surface area contributed by atoms with E-state index in [2.05, 4.69) is 16.7 Å². The van der Waals surface area contributed by atoms with Crippen molar-refractivity contribution < 1.29 is 0 Å². The van der Waals surface area contributed by atoms with Crippen molar-refractivity contribution in [3.8, 4) is 0 Å². The lowest BCUT2D eigenvalue weighted by atomic mass is 10.3. The van der Waals surface area contributed by atoms with Gasteiger partial charge in [0.1, 0.15) is 5.52 Å². The normalized spacial score (nSPS) is 10.8. The number of nitrogens with zero attached hydrogens (tertiary/aromatic N) is 3. The predicted octanol–water partition coefficient (Wildman–Crippen LogP) is 1.66. The predicted molar refractivity (Wildman–Crippen MR) is 47.5 cm³/mol. The Morgan fingerprint density at radius 3 is 3.08 bits per heavy atom. The summed E-state index contributed by atoms with van der Waals surface area (Å²) in [4.78, 5) is 0. The molecule has 1 radical (unpaired) electrons. The molecule has 1 aromatic carbocycles. The van der Waals surface area contributed by atoms with Crippen LogP contribution in [0.5, 0.6) is 0 Å². The van der Waals surface area contributed by atoms with Crippen molar-refractivity contribution in [2.24, 2.45) is 0 Å². The second-order valence-electron chi connectivity index (χ2n) is 2.67. The molecule has 0 aliphatic heterocycles. The van der Waals surface area contributed by atoms with E-state index in [0.717, 1.165) is 17.6 Å². The zero-order valence-electron chi connectivity index (χ0n) is 6.94. The molecular weight excluding hydrogens is 150 g/mol. The van der Waals surface area contributed by atoms with Gasteiger partial charge in [-0.25, -0.2) is 4.68 Å². The van der Waals surface area contributed by atoms with E-state index in [1.54, 1.807) is 0 Å². The summed E-state index contributed by atoms with van der Waals surface area (Å²) in [6.07, 6.45) is 2.06. The van der Waals surface area contributed by atoms with E-state index >= 15 is 0 Å². The molecule has 3 heteroatoms. The Morgan fingerprint density at radius 2 is 2.25 bits per heavy atom. The Morgan fingerprint density at radius 1 is 1.42 bits per heavy atom. The summed E-state index contributed by atoms with van der Waals surface area (Å²) in [5, 5.41) is 8.05. The first-order valence-electron chi connectivity index (χ1n) is 3.98. The van der Waals surface area contributed by atoms with Crippen LogP contribution in [-0.4, -0.2) is 15.0 Å². The highest BCUT2D eigenvalue weighted by Gasteiger charge is 2.00. The van der Waals surface area contributed by atoms with Crippen LogP contribution in [0.15, 0.2) is 24.3 Å². The van der Waals surface area contributed by atoms with Gasteiger partial charge in [-0.3, -0.25) is 0 Å². The van der Waals surface area contributed by atoms with Gasteiger partial charge in [-0.2, -0.15) is 0 Å². The molecule has 1 aromatic heterocycles. The summed E-state index contributed by atoms with van der Waals surface area (Å²) in [6, 6.07) is 7.96. The van der Waals surface area contributed by atoms with Gasteiger partial charge in [0.05, 0.1) is 5.52 Å². The standard InChI is InChI=1S/C9H10N3/c1-2-7-12-9-6-4-3-5-8(9)10-11-12/h2-6H,7H2,1H3. The van der Waals surface area contributed by atoms with Crippen molar-refractivity contribution in [2.45, 2.75) is 13.5 Å². The monoisotopic (exact) mass is 160 g/mol. The molecule has 0 saturated carbocycles. The van der Waals surface area contributed by atoms with Gasteiger partial charge in [0.2, 0.25) is 0 Å². The van der Waals surface area contributed by atoms with Crippen molar-refractivity contribution in [1.29, 1.82) is 0 Å². The van der Waals surface area contributed by atoms with E-state index in [-0.39, 0.29) is 0 Å². The minimum absolute atomic E-state index is 0.820. The summed E-state index contributed by atoms with van der Waals surface area (Å²) < 4.78 is 1.88. The maximum Gasteiger partial charge on any atom is 0.113 e. The molecule has 61 valence electrons. The lowest BCUT2D eigenvalue weighted by Crippen LogP contribution is -1.98. The summed E-state index contributed by atoms with van der Waals surface area (Å²) in [6.45, 7) is 2.83. The summed E-state index contributed by atoms with van der Waals surface area (Å²) in [7, 11) is 0. The van der Waals surface area contributed by atoms with Crippen LogP contribution < -0.4 is 0 Å². The van der Waals surface area contributed by atoms with E-state index in [1.165, 1.54) is 0 Å². The fourth-order valence-electron chi connectivity index (χ4n) is 1.23. The van der Waals surface area contributed by atoms with E-state index in [9.17, 15) is 0 Å².